The van der Waals surface area contributed by atoms with Gasteiger partial charge in [-0.05, 0) is 17.0 Å². The van der Waals surface area contributed by atoms with Crippen LogP contribution in [-0.2, 0) is 19.5 Å². The van der Waals surface area contributed by atoms with E-state index in [1.54, 1.807) is 6.07 Å². The van der Waals surface area contributed by atoms with Crippen molar-refractivity contribution >= 4 is 33.7 Å². The Morgan fingerprint density at radius 3 is 2.95 bits per heavy atom. The molecule has 2 aliphatic rings. The third-order valence-electron chi connectivity index (χ3n) is 3.57. The average Bonchev–Trinajstić information content (AvgIpc) is 2.97. The van der Waals surface area contributed by atoms with Crippen LogP contribution in [0.4, 0.5) is 4.79 Å². The number of carbonyl (C=O) groups excluding carboxylic acids is 2. The Morgan fingerprint density at radius 1 is 1.59 bits per heavy atom. The Kier molecular flexibility index (Phi) is 3.59. The van der Waals surface area contributed by atoms with Gasteiger partial charge in [-0.2, -0.15) is 13.5 Å². The molecule has 0 aromatic carbocycles. The van der Waals surface area contributed by atoms with Gasteiger partial charge < -0.3 is 10.2 Å². The monoisotopic (exact) mass is 347 g/mol. The highest BCUT2D eigenvalue weighted by molar-refractivity contribution is 7.80. The molecular weight excluding hydrogens is 334 g/mol. The van der Waals surface area contributed by atoms with Gasteiger partial charge in [-0.25, -0.2) is 4.79 Å². The molecule has 11 heteroatoms. The molecule has 3 rings (SSSR count). The summed E-state index contributed by atoms with van der Waals surface area (Å²) in [6.45, 7) is 1.82. The zero-order valence-corrected chi connectivity index (χ0v) is 13.1. The lowest BCUT2D eigenvalue weighted by atomic mass is 9.99. The SMILES string of the molecule is CC(=O)NCC1c2sccc2C2CN1C(=O)N2OS(=O)(=O)O. The topological polar surface area (TPSA) is 116 Å². The highest BCUT2D eigenvalue weighted by atomic mass is 32.3. The maximum absolute atomic E-state index is 12.3. The molecule has 2 bridgehead atoms. The number of amides is 3. The number of thiophene rings is 1. The van der Waals surface area contributed by atoms with Crippen LogP contribution in [0.2, 0.25) is 0 Å². The first-order chi connectivity index (χ1) is 10.3. The minimum absolute atomic E-state index is 0.223. The highest BCUT2D eigenvalue weighted by Gasteiger charge is 2.50. The van der Waals surface area contributed by atoms with Gasteiger partial charge in [-0.15, -0.1) is 15.6 Å². The second-order valence-electron chi connectivity index (χ2n) is 4.97. The summed E-state index contributed by atoms with van der Waals surface area (Å²) in [4.78, 5) is 25.7. The van der Waals surface area contributed by atoms with Crippen molar-refractivity contribution in [3.05, 3.63) is 21.9 Å². The summed E-state index contributed by atoms with van der Waals surface area (Å²) in [5.74, 6) is -0.224. The molecule has 120 valence electrons. The molecule has 0 spiro atoms. The predicted molar refractivity (Wildman–Crippen MR) is 75.1 cm³/mol. The first-order valence-corrected chi connectivity index (χ1v) is 8.61. The van der Waals surface area contributed by atoms with E-state index in [-0.39, 0.29) is 19.0 Å². The van der Waals surface area contributed by atoms with E-state index in [1.165, 1.54) is 23.2 Å². The van der Waals surface area contributed by atoms with Gasteiger partial charge in [0, 0.05) is 18.3 Å². The lowest BCUT2D eigenvalue weighted by Gasteiger charge is -2.30. The molecule has 3 heterocycles. The van der Waals surface area contributed by atoms with E-state index in [9.17, 15) is 18.0 Å². The third-order valence-corrected chi connectivity index (χ3v) is 4.95. The lowest BCUT2D eigenvalue weighted by Crippen LogP contribution is -2.40. The Labute approximate surface area is 130 Å². The number of nitrogens with zero attached hydrogens (tertiary/aromatic N) is 2. The molecule has 1 saturated heterocycles. The van der Waals surface area contributed by atoms with Gasteiger partial charge in [-0.3, -0.25) is 9.35 Å². The Balaban J connectivity index is 1.94. The Morgan fingerprint density at radius 2 is 2.32 bits per heavy atom. The molecule has 3 amide bonds. The quantitative estimate of drug-likeness (QED) is 0.764. The van der Waals surface area contributed by atoms with E-state index >= 15 is 0 Å². The van der Waals surface area contributed by atoms with Crippen molar-refractivity contribution in [2.24, 2.45) is 0 Å². The summed E-state index contributed by atoms with van der Waals surface area (Å²) in [5, 5.41) is 5.14. The molecule has 2 unspecified atom stereocenters. The highest BCUT2D eigenvalue weighted by Crippen LogP contribution is 2.46. The molecule has 2 N–H and O–H groups in total. The van der Waals surface area contributed by atoms with Crippen molar-refractivity contribution in [3.63, 3.8) is 0 Å². The smallest absolute Gasteiger partial charge is 0.354 e. The lowest BCUT2D eigenvalue weighted by molar-refractivity contribution is -0.119. The number of hydrogen-bond acceptors (Lipinski definition) is 6. The summed E-state index contributed by atoms with van der Waals surface area (Å²) in [5.41, 5.74) is 0.756. The number of hydrogen-bond donors (Lipinski definition) is 2. The standard InChI is InChI=1S/C11H13N3O6S2/c1-6(15)12-4-8-10-7(2-3-21-10)9-5-13(8)11(16)14(9)20-22(17,18)19/h2-3,8-9H,4-5H2,1H3,(H,12,15)(H,17,18,19). The van der Waals surface area contributed by atoms with Crippen LogP contribution in [-0.4, -0.2) is 48.0 Å². The van der Waals surface area contributed by atoms with Crippen molar-refractivity contribution < 1.29 is 26.8 Å². The van der Waals surface area contributed by atoms with Crippen LogP contribution in [0, 0.1) is 0 Å². The fourth-order valence-electron chi connectivity index (χ4n) is 2.73. The number of fused-ring (bicyclic) bond motifs is 4. The molecule has 22 heavy (non-hydrogen) atoms. The average molecular weight is 347 g/mol. The molecular formula is C11H13N3O6S2. The molecule has 9 nitrogen and oxygen atoms in total. The van der Waals surface area contributed by atoms with E-state index in [4.69, 9.17) is 4.55 Å². The van der Waals surface area contributed by atoms with Gasteiger partial charge in [0.25, 0.3) is 0 Å². The van der Waals surface area contributed by atoms with Crippen LogP contribution in [0.15, 0.2) is 11.4 Å². The number of nitrogens with one attached hydrogen (secondary N) is 1. The fraction of sp³-hybridized carbons (Fsp3) is 0.455. The van der Waals surface area contributed by atoms with Crippen LogP contribution in [0.3, 0.4) is 0 Å². The van der Waals surface area contributed by atoms with Gasteiger partial charge in [0.15, 0.2) is 0 Å². The van der Waals surface area contributed by atoms with Gasteiger partial charge in [0.05, 0.1) is 12.6 Å². The van der Waals surface area contributed by atoms with Crippen LogP contribution < -0.4 is 5.32 Å². The van der Waals surface area contributed by atoms with E-state index < -0.39 is 28.5 Å². The molecule has 1 aromatic heterocycles. The van der Waals surface area contributed by atoms with Crippen LogP contribution in [0.1, 0.15) is 29.4 Å². The van der Waals surface area contributed by atoms with Crippen molar-refractivity contribution in [1.29, 1.82) is 0 Å². The van der Waals surface area contributed by atoms with Gasteiger partial charge in [-0.1, -0.05) is 0 Å². The molecule has 0 aliphatic carbocycles. The van der Waals surface area contributed by atoms with E-state index in [2.05, 4.69) is 9.60 Å². The van der Waals surface area contributed by atoms with Crippen molar-refractivity contribution in [1.82, 2.24) is 15.3 Å². The number of rotatable bonds is 4. The van der Waals surface area contributed by atoms with Gasteiger partial charge in [0.1, 0.15) is 6.04 Å². The maximum atomic E-state index is 12.3. The van der Waals surface area contributed by atoms with Crippen LogP contribution in [0.5, 0.6) is 0 Å². The summed E-state index contributed by atoms with van der Waals surface area (Å²) < 4.78 is 35.1. The molecule has 1 fully saturated rings. The first-order valence-electron chi connectivity index (χ1n) is 6.36. The summed E-state index contributed by atoms with van der Waals surface area (Å²) >= 11 is 1.42. The summed E-state index contributed by atoms with van der Waals surface area (Å²) in [7, 11) is -4.80. The zero-order valence-electron chi connectivity index (χ0n) is 11.4. The molecule has 0 saturated carbocycles. The minimum Gasteiger partial charge on any atom is -0.354 e. The van der Waals surface area contributed by atoms with Gasteiger partial charge >= 0.3 is 16.4 Å². The van der Waals surface area contributed by atoms with Crippen LogP contribution in [0.25, 0.3) is 0 Å². The van der Waals surface area contributed by atoms with E-state index in [0.29, 0.717) is 5.06 Å². The van der Waals surface area contributed by atoms with Crippen molar-refractivity contribution in [2.75, 3.05) is 13.1 Å². The van der Waals surface area contributed by atoms with Crippen molar-refractivity contribution in [2.45, 2.75) is 19.0 Å². The third kappa shape index (κ3) is 2.56. The second-order valence-corrected chi connectivity index (χ2v) is 6.92. The predicted octanol–water partition coefficient (Wildman–Crippen LogP) is 0.452. The first kappa shape index (κ1) is 15.2. The Bertz CT molecular complexity index is 730. The number of carbonyl (C=O) groups is 2. The van der Waals surface area contributed by atoms with E-state index in [1.807, 2.05) is 5.38 Å². The summed E-state index contributed by atoms with van der Waals surface area (Å²) in [6, 6.07) is 0.116. The molecule has 0 radical (unpaired) electrons. The molecule has 1 aromatic rings. The van der Waals surface area contributed by atoms with Gasteiger partial charge in [0.2, 0.25) is 5.91 Å². The number of hydroxylamine groups is 2. The zero-order chi connectivity index (χ0) is 16.1. The van der Waals surface area contributed by atoms with E-state index in [0.717, 1.165) is 10.4 Å². The minimum atomic E-state index is -4.80. The van der Waals surface area contributed by atoms with Crippen LogP contribution >= 0.6 is 11.3 Å². The number of urea groups is 1. The fourth-order valence-corrected chi connectivity index (χ4v) is 4.17. The molecule has 2 aliphatic heterocycles. The molecule has 2 atom stereocenters. The second kappa shape index (κ2) is 5.19. The Hall–Kier alpha value is -1.69. The largest absolute Gasteiger partial charge is 0.418 e. The normalized spacial score (nSPS) is 23.6. The maximum Gasteiger partial charge on any atom is 0.418 e. The summed E-state index contributed by atoms with van der Waals surface area (Å²) in [6.07, 6.45) is 0. The van der Waals surface area contributed by atoms with Crippen molar-refractivity contribution in [3.8, 4) is 0 Å².